The van der Waals surface area contributed by atoms with Gasteiger partial charge in [0.15, 0.2) is 0 Å². The van der Waals surface area contributed by atoms with E-state index in [1.165, 1.54) is 12.8 Å². The summed E-state index contributed by atoms with van der Waals surface area (Å²) in [5.41, 5.74) is 8.13. The van der Waals surface area contributed by atoms with Gasteiger partial charge in [0.1, 0.15) is 17.3 Å². The zero-order valence-electron chi connectivity index (χ0n) is 11.8. The van der Waals surface area contributed by atoms with Crippen LogP contribution in [0.25, 0.3) is 11.3 Å². The second kappa shape index (κ2) is 5.49. The number of unbranched alkanes of at least 4 members (excludes halogenated alkanes) is 1. The van der Waals surface area contributed by atoms with Gasteiger partial charge in [0.25, 0.3) is 0 Å². The number of nitrogens with zero attached hydrogens (tertiary/aromatic N) is 2. The Balaban J connectivity index is 2.05. The molecule has 0 bridgehead atoms. The van der Waals surface area contributed by atoms with Crippen molar-refractivity contribution < 1.29 is 0 Å². The topological polar surface area (TPSA) is 43.8 Å². The lowest BCUT2D eigenvalue weighted by molar-refractivity contribution is 0.609. The highest BCUT2D eigenvalue weighted by molar-refractivity contribution is 6.33. The first-order valence-electron chi connectivity index (χ1n) is 7.33. The Kier molecular flexibility index (Phi) is 3.70. The Bertz CT molecular complexity index is 614. The third-order valence-corrected chi connectivity index (χ3v) is 4.17. The second-order valence-electron chi connectivity index (χ2n) is 5.46. The van der Waals surface area contributed by atoms with Crippen LogP contribution in [-0.4, -0.2) is 9.55 Å². The van der Waals surface area contributed by atoms with Gasteiger partial charge in [0.2, 0.25) is 0 Å². The van der Waals surface area contributed by atoms with Crippen molar-refractivity contribution in [3.63, 3.8) is 0 Å². The minimum Gasteiger partial charge on any atom is -0.383 e. The van der Waals surface area contributed by atoms with Gasteiger partial charge in [-0.15, -0.1) is 0 Å². The van der Waals surface area contributed by atoms with Crippen molar-refractivity contribution in [3.05, 3.63) is 35.1 Å². The summed E-state index contributed by atoms with van der Waals surface area (Å²) in [7, 11) is 0. The number of anilines is 1. The van der Waals surface area contributed by atoms with Crippen molar-refractivity contribution in [2.24, 2.45) is 0 Å². The molecule has 1 aliphatic rings. The van der Waals surface area contributed by atoms with Crippen LogP contribution < -0.4 is 5.73 Å². The number of rotatable bonds is 5. The zero-order valence-corrected chi connectivity index (χ0v) is 12.5. The standard InChI is InChI=1S/C16H20ClN3/c1-2-3-10-20-15(18)14(19-16(20)11-8-9-11)12-6-4-5-7-13(12)17/h4-7,11H,2-3,8-10,18H2,1H3. The fourth-order valence-electron chi connectivity index (χ4n) is 2.54. The van der Waals surface area contributed by atoms with Gasteiger partial charge in [-0.25, -0.2) is 4.98 Å². The minimum atomic E-state index is 0.588. The molecular weight excluding hydrogens is 270 g/mol. The molecule has 0 atom stereocenters. The molecule has 3 nitrogen and oxygen atoms in total. The number of imidazole rings is 1. The predicted molar refractivity (Wildman–Crippen MR) is 84.0 cm³/mol. The van der Waals surface area contributed by atoms with Crippen LogP contribution in [0.15, 0.2) is 24.3 Å². The van der Waals surface area contributed by atoms with Gasteiger partial charge in [-0.05, 0) is 25.3 Å². The van der Waals surface area contributed by atoms with E-state index in [1.54, 1.807) is 0 Å². The number of hydrogen-bond acceptors (Lipinski definition) is 2. The Hall–Kier alpha value is -1.48. The van der Waals surface area contributed by atoms with Crippen molar-refractivity contribution in [1.29, 1.82) is 0 Å². The first kappa shape index (κ1) is 13.5. The van der Waals surface area contributed by atoms with Crippen LogP contribution in [0.4, 0.5) is 5.82 Å². The molecule has 1 aromatic carbocycles. The molecule has 0 radical (unpaired) electrons. The molecule has 3 rings (SSSR count). The van der Waals surface area contributed by atoms with E-state index in [0.717, 1.165) is 42.3 Å². The molecule has 1 fully saturated rings. The van der Waals surface area contributed by atoms with Crippen molar-refractivity contribution >= 4 is 17.4 Å². The van der Waals surface area contributed by atoms with Crippen molar-refractivity contribution in [1.82, 2.24) is 9.55 Å². The van der Waals surface area contributed by atoms with Crippen LogP contribution in [-0.2, 0) is 6.54 Å². The molecule has 2 aromatic rings. The average molecular weight is 290 g/mol. The first-order chi connectivity index (χ1) is 9.72. The SMILES string of the molecule is CCCCn1c(C2CC2)nc(-c2ccccc2Cl)c1N. The van der Waals surface area contributed by atoms with Gasteiger partial charge in [0.05, 0.1) is 5.02 Å². The van der Waals surface area contributed by atoms with Gasteiger partial charge >= 0.3 is 0 Å². The number of nitrogens with two attached hydrogens (primary N) is 1. The largest absolute Gasteiger partial charge is 0.383 e. The highest BCUT2D eigenvalue weighted by atomic mass is 35.5. The third-order valence-electron chi connectivity index (χ3n) is 3.84. The number of halogens is 1. The third kappa shape index (κ3) is 2.42. The summed E-state index contributed by atoms with van der Waals surface area (Å²) in [6, 6.07) is 7.78. The monoisotopic (exact) mass is 289 g/mol. The summed E-state index contributed by atoms with van der Waals surface area (Å²) in [5.74, 6) is 2.49. The van der Waals surface area contributed by atoms with Crippen LogP contribution in [0.3, 0.4) is 0 Å². The van der Waals surface area contributed by atoms with Crippen LogP contribution in [0, 0.1) is 0 Å². The smallest absolute Gasteiger partial charge is 0.131 e. The van der Waals surface area contributed by atoms with Crippen LogP contribution in [0.2, 0.25) is 5.02 Å². The van der Waals surface area contributed by atoms with Gasteiger partial charge < -0.3 is 10.3 Å². The van der Waals surface area contributed by atoms with Crippen LogP contribution in [0.1, 0.15) is 44.3 Å². The molecule has 1 saturated carbocycles. The van der Waals surface area contributed by atoms with E-state index in [4.69, 9.17) is 22.3 Å². The predicted octanol–water partition coefficient (Wildman–Crippen LogP) is 4.46. The Morgan fingerprint density at radius 1 is 1.35 bits per heavy atom. The van der Waals surface area contributed by atoms with E-state index < -0.39 is 0 Å². The highest BCUT2D eigenvalue weighted by Crippen LogP contribution is 2.43. The summed E-state index contributed by atoms with van der Waals surface area (Å²) >= 11 is 6.29. The van der Waals surface area contributed by atoms with Crippen LogP contribution in [0.5, 0.6) is 0 Å². The van der Waals surface area contributed by atoms with Crippen molar-refractivity contribution in [2.45, 2.75) is 45.1 Å². The summed E-state index contributed by atoms with van der Waals surface area (Å²) in [5, 5.41) is 0.710. The van der Waals surface area contributed by atoms with E-state index in [0.29, 0.717) is 10.9 Å². The number of hydrogen-bond donors (Lipinski definition) is 1. The lowest BCUT2D eigenvalue weighted by atomic mass is 10.1. The van der Waals surface area contributed by atoms with E-state index in [1.807, 2.05) is 24.3 Å². The molecular formula is C16H20ClN3. The van der Waals surface area contributed by atoms with E-state index >= 15 is 0 Å². The van der Waals surface area contributed by atoms with Gasteiger partial charge in [-0.2, -0.15) is 0 Å². The van der Waals surface area contributed by atoms with Crippen molar-refractivity contribution in [3.8, 4) is 11.3 Å². The summed E-state index contributed by atoms with van der Waals surface area (Å²) in [6.07, 6.45) is 4.74. The maximum Gasteiger partial charge on any atom is 0.131 e. The fourth-order valence-corrected chi connectivity index (χ4v) is 2.76. The summed E-state index contributed by atoms with van der Waals surface area (Å²) in [6.45, 7) is 3.14. The molecule has 1 aromatic heterocycles. The van der Waals surface area contributed by atoms with E-state index in [-0.39, 0.29) is 0 Å². The Morgan fingerprint density at radius 3 is 2.75 bits per heavy atom. The van der Waals surface area contributed by atoms with E-state index in [9.17, 15) is 0 Å². The summed E-state index contributed by atoms with van der Waals surface area (Å²) < 4.78 is 2.19. The lowest BCUT2D eigenvalue weighted by Crippen LogP contribution is -2.06. The Morgan fingerprint density at radius 2 is 2.10 bits per heavy atom. The zero-order chi connectivity index (χ0) is 14.1. The van der Waals surface area contributed by atoms with Crippen LogP contribution >= 0.6 is 11.6 Å². The lowest BCUT2D eigenvalue weighted by Gasteiger charge is -2.08. The number of aromatic nitrogens is 2. The normalized spacial score (nSPS) is 14.7. The minimum absolute atomic E-state index is 0.588. The van der Waals surface area contributed by atoms with Gasteiger partial charge in [-0.1, -0.05) is 43.1 Å². The molecule has 0 unspecified atom stereocenters. The summed E-state index contributed by atoms with van der Waals surface area (Å²) in [4.78, 5) is 4.81. The molecule has 0 saturated heterocycles. The first-order valence-corrected chi connectivity index (χ1v) is 7.71. The molecule has 106 valence electrons. The fraction of sp³-hybridized carbons (Fsp3) is 0.438. The molecule has 2 N–H and O–H groups in total. The van der Waals surface area contributed by atoms with E-state index in [2.05, 4.69) is 11.5 Å². The number of nitrogen functional groups attached to an aromatic ring is 1. The number of benzene rings is 1. The molecule has 20 heavy (non-hydrogen) atoms. The quantitative estimate of drug-likeness (QED) is 0.883. The molecule has 0 amide bonds. The molecule has 1 aliphatic carbocycles. The van der Waals surface area contributed by atoms with Gasteiger partial charge in [0, 0.05) is 18.0 Å². The maximum atomic E-state index is 6.35. The molecule has 0 aliphatic heterocycles. The maximum absolute atomic E-state index is 6.35. The molecule has 0 spiro atoms. The molecule has 1 heterocycles. The second-order valence-corrected chi connectivity index (χ2v) is 5.87. The van der Waals surface area contributed by atoms with Crippen molar-refractivity contribution in [2.75, 3.05) is 5.73 Å². The Labute approximate surface area is 124 Å². The van der Waals surface area contributed by atoms with Gasteiger partial charge in [-0.3, -0.25) is 0 Å². The molecule has 4 heteroatoms. The highest BCUT2D eigenvalue weighted by Gasteiger charge is 2.31. The average Bonchev–Trinajstić information content (AvgIpc) is 3.23.